The Kier molecular flexibility index (Phi) is 5.26. The van der Waals surface area contributed by atoms with Gasteiger partial charge in [0.05, 0.1) is 10.2 Å². The molecule has 0 spiro atoms. The standard InChI is InChI=1S/C23H20N2OS/c26-22(25-23-24-20-13-7-8-14-21(20)27-23)19(15-17-9-3-1-4-10-17)16-18-11-5-2-6-12-18/h1-14,19H,15-16H2,(H,24,25,26). The molecule has 0 aliphatic carbocycles. The van der Waals surface area contributed by atoms with E-state index in [4.69, 9.17) is 0 Å². The monoisotopic (exact) mass is 372 g/mol. The average Bonchev–Trinajstić information content (AvgIpc) is 3.11. The fraction of sp³-hybridized carbons (Fsp3) is 0.130. The molecule has 0 bridgehead atoms. The van der Waals surface area contributed by atoms with Crippen LogP contribution < -0.4 is 5.32 Å². The number of carbonyl (C=O) groups is 1. The summed E-state index contributed by atoms with van der Waals surface area (Å²) < 4.78 is 1.08. The molecule has 3 nitrogen and oxygen atoms in total. The van der Waals surface area contributed by atoms with Crippen LogP contribution >= 0.6 is 11.3 Å². The number of aromatic nitrogens is 1. The van der Waals surface area contributed by atoms with Gasteiger partial charge in [-0.1, -0.05) is 84.1 Å². The van der Waals surface area contributed by atoms with Crippen LogP contribution in [0.5, 0.6) is 0 Å². The van der Waals surface area contributed by atoms with E-state index in [1.165, 1.54) is 11.3 Å². The van der Waals surface area contributed by atoms with Gasteiger partial charge in [-0.05, 0) is 36.1 Å². The number of hydrogen-bond donors (Lipinski definition) is 1. The van der Waals surface area contributed by atoms with Crippen LogP contribution in [0.1, 0.15) is 11.1 Å². The van der Waals surface area contributed by atoms with Gasteiger partial charge in [-0.2, -0.15) is 0 Å². The molecule has 0 saturated heterocycles. The van der Waals surface area contributed by atoms with Crippen LogP contribution in [0.4, 0.5) is 5.13 Å². The number of para-hydroxylation sites is 1. The van der Waals surface area contributed by atoms with Crippen molar-refractivity contribution in [3.05, 3.63) is 96.1 Å². The number of rotatable bonds is 6. The Balaban J connectivity index is 1.55. The second-order valence-corrected chi connectivity index (χ2v) is 7.58. The Morgan fingerprint density at radius 2 is 1.37 bits per heavy atom. The van der Waals surface area contributed by atoms with E-state index >= 15 is 0 Å². The minimum atomic E-state index is -0.151. The highest BCUT2D eigenvalue weighted by atomic mass is 32.1. The number of benzene rings is 3. The molecular weight excluding hydrogens is 352 g/mol. The summed E-state index contributed by atoms with van der Waals surface area (Å²) in [5, 5.41) is 3.70. The molecule has 0 atom stereocenters. The van der Waals surface area contributed by atoms with Crippen LogP contribution in [0.25, 0.3) is 10.2 Å². The molecule has 0 radical (unpaired) electrons. The van der Waals surface area contributed by atoms with Crippen LogP contribution in [0, 0.1) is 5.92 Å². The van der Waals surface area contributed by atoms with Crippen LogP contribution in [0.3, 0.4) is 0 Å². The number of hydrogen-bond acceptors (Lipinski definition) is 3. The van der Waals surface area contributed by atoms with E-state index in [0.717, 1.165) is 21.3 Å². The first-order valence-corrected chi connectivity index (χ1v) is 9.84. The van der Waals surface area contributed by atoms with Gasteiger partial charge in [0.15, 0.2) is 5.13 Å². The topological polar surface area (TPSA) is 42.0 Å². The van der Waals surface area contributed by atoms with Crippen LogP contribution in [0.2, 0.25) is 0 Å². The van der Waals surface area contributed by atoms with Gasteiger partial charge < -0.3 is 5.32 Å². The van der Waals surface area contributed by atoms with Crippen molar-refractivity contribution < 1.29 is 4.79 Å². The minimum Gasteiger partial charge on any atom is -0.302 e. The van der Waals surface area contributed by atoms with Gasteiger partial charge >= 0.3 is 0 Å². The summed E-state index contributed by atoms with van der Waals surface area (Å²) in [5.74, 6) is -0.136. The second-order valence-electron chi connectivity index (χ2n) is 6.55. The largest absolute Gasteiger partial charge is 0.302 e. The fourth-order valence-electron chi connectivity index (χ4n) is 3.19. The molecule has 4 heteroatoms. The minimum absolute atomic E-state index is 0.0155. The normalized spacial score (nSPS) is 11.0. The highest BCUT2D eigenvalue weighted by Crippen LogP contribution is 2.26. The third kappa shape index (κ3) is 4.41. The molecule has 1 heterocycles. The molecule has 0 unspecified atom stereocenters. The second kappa shape index (κ2) is 8.14. The average molecular weight is 372 g/mol. The molecule has 0 aliphatic heterocycles. The zero-order valence-corrected chi connectivity index (χ0v) is 15.7. The number of nitrogens with one attached hydrogen (secondary N) is 1. The summed E-state index contributed by atoms with van der Waals surface area (Å²) in [6.07, 6.45) is 1.40. The van der Waals surface area contributed by atoms with Gasteiger partial charge in [-0.3, -0.25) is 4.79 Å². The lowest BCUT2D eigenvalue weighted by molar-refractivity contribution is -0.119. The molecule has 1 aromatic heterocycles. The number of amides is 1. The van der Waals surface area contributed by atoms with Gasteiger partial charge in [0.25, 0.3) is 0 Å². The third-order valence-electron chi connectivity index (χ3n) is 4.54. The van der Waals surface area contributed by atoms with Gasteiger partial charge in [0.1, 0.15) is 0 Å². The number of carbonyl (C=O) groups excluding carboxylic acids is 1. The Bertz CT molecular complexity index is 953. The lowest BCUT2D eigenvalue weighted by Gasteiger charge is -2.16. The summed E-state index contributed by atoms with van der Waals surface area (Å²) in [6.45, 7) is 0. The van der Waals surface area contributed by atoms with Gasteiger partial charge in [-0.25, -0.2) is 4.98 Å². The molecule has 1 N–H and O–H groups in total. The smallest absolute Gasteiger partial charge is 0.229 e. The van der Waals surface area contributed by atoms with Gasteiger partial charge in [0.2, 0.25) is 5.91 Å². The summed E-state index contributed by atoms with van der Waals surface area (Å²) in [6, 6.07) is 28.3. The van der Waals surface area contributed by atoms with Crippen molar-refractivity contribution in [1.82, 2.24) is 4.98 Å². The molecule has 3 aromatic carbocycles. The maximum Gasteiger partial charge on any atom is 0.229 e. The lowest BCUT2D eigenvalue weighted by Crippen LogP contribution is -2.26. The van der Waals surface area contributed by atoms with E-state index in [1.807, 2.05) is 60.7 Å². The Morgan fingerprint density at radius 1 is 0.815 bits per heavy atom. The maximum absolute atomic E-state index is 13.1. The molecule has 0 fully saturated rings. The molecule has 1 amide bonds. The van der Waals surface area contributed by atoms with Crippen molar-refractivity contribution in [2.75, 3.05) is 5.32 Å². The molecule has 27 heavy (non-hydrogen) atoms. The lowest BCUT2D eigenvalue weighted by atomic mass is 9.92. The van der Waals surface area contributed by atoms with Crippen molar-refractivity contribution in [2.24, 2.45) is 5.92 Å². The van der Waals surface area contributed by atoms with E-state index < -0.39 is 0 Å². The number of anilines is 1. The molecule has 134 valence electrons. The molecular formula is C23H20N2OS. The quantitative estimate of drug-likeness (QED) is 0.497. The summed E-state index contributed by atoms with van der Waals surface area (Å²) in [4.78, 5) is 17.6. The maximum atomic E-state index is 13.1. The van der Waals surface area contributed by atoms with Crippen LogP contribution in [-0.2, 0) is 17.6 Å². The first-order valence-electron chi connectivity index (χ1n) is 9.02. The Labute approximate surface area is 162 Å². The third-order valence-corrected chi connectivity index (χ3v) is 5.50. The van der Waals surface area contributed by atoms with Crippen LogP contribution in [-0.4, -0.2) is 10.9 Å². The van der Waals surface area contributed by atoms with Crippen molar-refractivity contribution in [3.8, 4) is 0 Å². The summed E-state index contributed by atoms with van der Waals surface area (Å²) in [5.41, 5.74) is 3.25. The van der Waals surface area contributed by atoms with E-state index in [-0.39, 0.29) is 11.8 Å². The molecule has 4 rings (SSSR count). The van der Waals surface area contributed by atoms with E-state index in [1.54, 1.807) is 0 Å². The zero-order valence-electron chi connectivity index (χ0n) is 14.8. The summed E-state index contributed by atoms with van der Waals surface area (Å²) in [7, 11) is 0. The van der Waals surface area contributed by atoms with Crippen molar-refractivity contribution >= 4 is 32.6 Å². The Morgan fingerprint density at radius 3 is 1.96 bits per heavy atom. The van der Waals surface area contributed by atoms with Crippen LogP contribution in [0.15, 0.2) is 84.9 Å². The first-order chi connectivity index (χ1) is 13.3. The van der Waals surface area contributed by atoms with E-state index in [9.17, 15) is 4.79 Å². The van der Waals surface area contributed by atoms with E-state index in [2.05, 4.69) is 34.6 Å². The predicted molar refractivity (Wildman–Crippen MR) is 112 cm³/mol. The van der Waals surface area contributed by atoms with Gasteiger partial charge in [-0.15, -0.1) is 0 Å². The summed E-state index contributed by atoms with van der Waals surface area (Å²) >= 11 is 1.51. The highest BCUT2D eigenvalue weighted by molar-refractivity contribution is 7.22. The molecule has 4 aromatic rings. The zero-order chi connectivity index (χ0) is 18.5. The molecule has 0 saturated carbocycles. The number of thiazole rings is 1. The fourth-order valence-corrected chi connectivity index (χ4v) is 4.06. The Hall–Kier alpha value is -2.98. The van der Waals surface area contributed by atoms with Gasteiger partial charge in [0, 0.05) is 5.92 Å². The SMILES string of the molecule is O=C(Nc1nc2ccccc2s1)C(Cc1ccccc1)Cc1ccccc1. The van der Waals surface area contributed by atoms with Crippen molar-refractivity contribution in [3.63, 3.8) is 0 Å². The number of fused-ring (bicyclic) bond motifs is 1. The van der Waals surface area contributed by atoms with Crippen molar-refractivity contribution in [2.45, 2.75) is 12.8 Å². The molecule has 0 aliphatic rings. The first kappa shape index (κ1) is 17.4. The highest BCUT2D eigenvalue weighted by Gasteiger charge is 2.21. The van der Waals surface area contributed by atoms with Crippen molar-refractivity contribution in [1.29, 1.82) is 0 Å². The number of nitrogens with zero attached hydrogens (tertiary/aromatic N) is 1. The van der Waals surface area contributed by atoms with E-state index in [0.29, 0.717) is 18.0 Å². The predicted octanol–water partition coefficient (Wildman–Crippen LogP) is 5.34.